The van der Waals surface area contributed by atoms with E-state index in [1.165, 1.54) is 13.1 Å². The Morgan fingerprint density at radius 1 is 1.33 bits per heavy atom. The van der Waals surface area contributed by atoms with Crippen molar-refractivity contribution >= 4 is 5.57 Å². The van der Waals surface area contributed by atoms with Gasteiger partial charge in [-0.3, -0.25) is 4.98 Å². The van der Waals surface area contributed by atoms with E-state index in [1.807, 2.05) is 20.8 Å². The molecular formula is C14H20F3N. The van der Waals surface area contributed by atoms with Gasteiger partial charge in [0, 0.05) is 11.9 Å². The van der Waals surface area contributed by atoms with Crippen molar-refractivity contribution in [2.75, 3.05) is 0 Å². The third kappa shape index (κ3) is 4.51. The van der Waals surface area contributed by atoms with Crippen LogP contribution >= 0.6 is 0 Å². The number of aromatic nitrogens is 1. The van der Waals surface area contributed by atoms with Gasteiger partial charge in [0.05, 0.1) is 5.56 Å². The van der Waals surface area contributed by atoms with Crippen LogP contribution in [0.1, 0.15) is 50.4 Å². The highest BCUT2D eigenvalue weighted by atomic mass is 19.4. The van der Waals surface area contributed by atoms with Gasteiger partial charge in [0.25, 0.3) is 0 Å². The van der Waals surface area contributed by atoms with Crippen LogP contribution in [0.3, 0.4) is 0 Å². The number of allylic oxidation sites excluding steroid dienone is 1. The standard InChI is InChI=1S/C12H14F3N.C2H6/c1-4-5-8(2)10-6-11(12(13,14)15)9(3)16-7-10;1-2/h6-7H,2,4-5H2,1,3H3;1-2H3. The highest BCUT2D eigenvalue weighted by Crippen LogP contribution is 2.32. The summed E-state index contributed by atoms with van der Waals surface area (Å²) in [5, 5.41) is 0. The van der Waals surface area contributed by atoms with Crippen LogP contribution < -0.4 is 0 Å². The number of halogens is 3. The van der Waals surface area contributed by atoms with Crippen LogP contribution in [0.25, 0.3) is 5.57 Å². The molecule has 0 amide bonds. The van der Waals surface area contributed by atoms with Gasteiger partial charge in [-0.1, -0.05) is 33.8 Å². The number of rotatable bonds is 3. The smallest absolute Gasteiger partial charge is 0.260 e. The van der Waals surface area contributed by atoms with Crippen molar-refractivity contribution in [2.45, 2.75) is 46.7 Å². The third-order valence-corrected chi connectivity index (χ3v) is 2.35. The Hall–Kier alpha value is -1.32. The maximum Gasteiger partial charge on any atom is 0.418 e. The summed E-state index contributed by atoms with van der Waals surface area (Å²) >= 11 is 0. The van der Waals surface area contributed by atoms with E-state index < -0.39 is 11.7 Å². The van der Waals surface area contributed by atoms with Crippen LogP contribution in [0.5, 0.6) is 0 Å². The first-order valence-corrected chi connectivity index (χ1v) is 6.08. The predicted octanol–water partition coefficient (Wildman–Crippen LogP) is 5.25. The third-order valence-electron chi connectivity index (χ3n) is 2.35. The molecule has 4 heteroatoms. The van der Waals surface area contributed by atoms with Crippen LogP contribution in [0, 0.1) is 6.92 Å². The Balaban J connectivity index is 0.00000137. The largest absolute Gasteiger partial charge is 0.418 e. The van der Waals surface area contributed by atoms with Gasteiger partial charge in [-0.2, -0.15) is 13.2 Å². The monoisotopic (exact) mass is 259 g/mol. The van der Waals surface area contributed by atoms with E-state index in [1.54, 1.807) is 0 Å². The molecule has 0 N–H and O–H groups in total. The first-order valence-electron chi connectivity index (χ1n) is 6.08. The molecular weight excluding hydrogens is 239 g/mol. The van der Waals surface area contributed by atoms with E-state index in [0.717, 1.165) is 12.5 Å². The van der Waals surface area contributed by atoms with Gasteiger partial charge in [0.1, 0.15) is 0 Å². The molecule has 0 aliphatic heterocycles. The minimum atomic E-state index is -4.35. The van der Waals surface area contributed by atoms with E-state index in [-0.39, 0.29) is 5.69 Å². The first-order chi connectivity index (χ1) is 8.36. The molecule has 0 aromatic carbocycles. The van der Waals surface area contributed by atoms with Gasteiger partial charge in [-0.25, -0.2) is 0 Å². The van der Waals surface area contributed by atoms with Gasteiger partial charge in [-0.15, -0.1) is 0 Å². The lowest BCUT2D eigenvalue weighted by atomic mass is 10.0. The lowest BCUT2D eigenvalue weighted by molar-refractivity contribution is -0.138. The van der Waals surface area contributed by atoms with Gasteiger partial charge in [0.15, 0.2) is 0 Å². The zero-order valence-corrected chi connectivity index (χ0v) is 11.4. The average molecular weight is 259 g/mol. The molecule has 0 spiro atoms. The minimum absolute atomic E-state index is 0.000508. The van der Waals surface area contributed by atoms with E-state index >= 15 is 0 Å². The van der Waals surface area contributed by atoms with Crippen LogP contribution in [-0.4, -0.2) is 4.98 Å². The highest BCUT2D eigenvalue weighted by molar-refractivity contribution is 5.63. The van der Waals surface area contributed by atoms with Crippen molar-refractivity contribution in [3.63, 3.8) is 0 Å². The highest BCUT2D eigenvalue weighted by Gasteiger charge is 2.33. The normalized spacial score (nSPS) is 10.6. The summed E-state index contributed by atoms with van der Waals surface area (Å²) in [6.45, 7) is 11.1. The molecule has 0 saturated carbocycles. The van der Waals surface area contributed by atoms with E-state index in [2.05, 4.69) is 11.6 Å². The Bertz CT molecular complexity index is 395. The van der Waals surface area contributed by atoms with Gasteiger partial charge < -0.3 is 0 Å². The van der Waals surface area contributed by atoms with Gasteiger partial charge in [0.2, 0.25) is 0 Å². The summed E-state index contributed by atoms with van der Waals surface area (Å²) < 4.78 is 37.8. The van der Waals surface area contributed by atoms with Crippen molar-refractivity contribution in [2.24, 2.45) is 0 Å². The number of hydrogen-bond donors (Lipinski definition) is 0. The molecule has 102 valence electrons. The summed E-state index contributed by atoms with van der Waals surface area (Å²) in [4.78, 5) is 3.77. The summed E-state index contributed by atoms with van der Waals surface area (Å²) in [6.07, 6.45) is -1.36. The molecule has 1 nitrogen and oxygen atoms in total. The molecule has 0 saturated heterocycles. The van der Waals surface area contributed by atoms with Crippen LogP contribution in [0.15, 0.2) is 18.8 Å². The quantitative estimate of drug-likeness (QED) is 0.722. The van der Waals surface area contributed by atoms with Crippen molar-refractivity contribution in [3.05, 3.63) is 35.7 Å². The second-order valence-corrected chi connectivity index (χ2v) is 3.71. The number of aryl methyl sites for hydroxylation is 1. The van der Waals surface area contributed by atoms with Gasteiger partial charge >= 0.3 is 6.18 Å². The predicted molar refractivity (Wildman–Crippen MR) is 69.3 cm³/mol. The fourth-order valence-electron chi connectivity index (χ4n) is 1.46. The molecule has 0 bridgehead atoms. The van der Waals surface area contributed by atoms with Crippen molar-refractivity contribution < 1.29 is 13.2 Å². The minimum Gasteiger partial charge on any atom is -0.260 e. The Kier molecular flexibility index (Phi) is 6.66. The summed E-state index contributed by atoms with van der Waals surface area (Å²) in [5.74, 6) is 0. The lowest BCUT2D eigenvalue weighted by Gasteiger charge is -2.12. The second kappa shape index (κ2) is 7.19. The first kappa shape index (κ1) is 16.7. The molecule has 1 aromatic heterocycles. The molecule has 0 radical (unpaired) electrons. The Morgan fingerprint density at radius 3 is 2.33 bits per heavy atom. The molecule has 0 aliphatic carbocycles. The molecule has 0 atom stereocenters. The van der Waals surface area contributed by atoms with Crippen molar-refractivity contribution in [1.82, 2.24) is 4.98 Å². The molecule has 1 heterocycles. The Morgan fingerprint density at radius 2 is 1.89 bits per heavy atom. The van der Waals surface area contributed by atoms with E-state index in [4.69, 9.17) is 0 Å². The van der Waals surface area contributed by atoms with Crippen molar-refractivity contribution in [1.29, 1.82) is 0 Å². The fraction of sp³-hybridized carbons (Fsp3) is 0.500. The zero-order chi connectivity index (χ0) is 14.3. The molecule has 1 rings (SSSR count). The SMILES string of the molecule is C=C(CCC)c1cnc(C)c(C(F)(F)F)c1.CC. The topological polar surface area (TPSA) is 12.9 Å². The average Bonchev–Trinajstić information content (AvgIpc) is 2.31. The van der Waals surface area contributed by atoms with E-state index in [9.17, 15) is 13.2 Å². The molecule has 1 aromatic rings. The van der Waals surface area contributed by atoms with Crippen LogP contribution in [-0.2, 0) is 6.18 Å². The molecule has 18 heavy (non-hydrogen) atoms. The van der Waals surface area contributed by atoms with Crippen LogP contribution in [0.4, 0.5) is 13.2 Å². The molecule has 0 unspecified atom stereocenters. The van der Waals surface area contributed by atoms with E-state index in [0.29, 0.717) is 17.6 Å². The number of pyridine rings is 1. The number of nitrogens with zero attached hydrogens (tertiary/aromatic N) is 1. The molecule has 0 aliphatic rings. The fourth-order valence-corrected chi connectivity index (χ4v) is 1.46. The summed E-state index contributed by atoms with van der Waals surface area (Å²) in [6, 6.07) is 1.13. The maximum atomic E-state index is 12.6. The Labute approximate surface area is 107 Å². The summed E-state index contributed by atoms with van der Waals surface area (Å²) in [7, 11) is 0. The van der Waals surface area contributed by atoms with Crippen LogP contribution in [0.2, 0.25) is 0 Å². The molecule has 0 fully saturated rings. The number of hydrogen-bond acceptors (Lipinski definition) is 1. The van der Waals surface area contributed by atoms with Crippen molar-refractivity contribution in [3.8, 4) is 0 Å². The summed E-state index contributed by atoms with van der Waals surface area (Å²) in [5.41, 5.74) is 0.489. The number of alkyl halides is 3. The zero-order valence-electron chi connectivity index (χ0n) is 11.4. The maximum absolute atomic E-state index is 12.6. The lowest BCUT2D eigenvalue weighted by Crippen LogP contribution is -2.09. The second-order valence-electron chi connectivity index (χ2n) is 3.71. The van der Waals surface area contributed by atoms with Gasteiger partial charge in [-0.05, 0) is 30.5 Å².